The van der Waals surface area contributed by atoms with Crippen LogP contribution in [0, 0.1) is 24.3 Å². The lowest BCUT2D eigenvalue weighted by atomic mass is 10.1. The van der Waals surface area contributed by atoms with Crippen molar-refractivity contribution in [3.05, 3.63) is 74.6 Å². The largest absolute Gasteiger partial charge is 0.322 e. The molecule has 150 valence electrons. The Labute approximate surface area is 183 Å². The van der Waals surface area contributed by atoms with E-state index in [0.717, 1.165) is 9.13 Å². The third-order valence-electron chi connectivity index (χ3n) is 4.06. The van der Waals surface area contributed by atoms with E-state index in [0.29, 0.717) is 22.6 Å². The number of halogens is 1. The Balaban J connectivity index is 1.74. The lowest BCUT2D eigenvalue weighted by Crippen LogP contribution is -2.16. The minimum Gasteiger partial charge on any atom is -0.322 e. The molecule has 0 atom stereocenters. The molecule has 9 heteroatoms. The molecular weight excluding hydrogens is 503 g/mol. The third kappa shape index (κ3) is 5.30. The van der Waals surface area contributed by atoms with E-state index in [9.17, 15) is 13.2 Å². The van der Waals surface area contributed by atoms with Crippen LogP contribution in [-0.2, 0) is 10.0 Å². The van der Waals surface area contributed by atoms with E-state index in [1.54, 1.807) is 32.0 Å². The molecule has 0 saturated heterocycles. The molecule has 1 amide bonds. The predicted octanol–water partition coefficient (Wildman–Crippen LogP) is 4.06. The van der Waals surface area contributed by atoms with Crippen molar-refractivity contribution in [2.75, 3.05) is 10.0 Å². The maximum atomic E-state index is 12.6. The number of aryl methyl sites for hydroxylation is 3. The smallest absolute Gasteiger partial charge is 0.264 e. The van der Waals surface area contributed by atoms with Crippen molar-refractivity contribution in [3.63, 3.8) is 0 Å². The molecule has 0 spiro atoms. The van der Waals surface area contributed by atoms with Crippen molar-refractivity contribution in [1.29, 1.82) is 0 Å². The number of anilines is 2. The summed E-state index contributed by atoms with van der Waals surface area (Å²) in [6, 6.07) is 13.1. The lowest BCUT2D eigenvalue weighted by molar-refractivity contribution is 0.102. The number of nitrogens with one attached hydrogen (secondary N) is 2. The number of aromatic nitrogens is 2. The highest BCUT2D eigenvalue weighted by molar-refractivity contribution is 14.1. The number of sulfonamides is 1. The van der Waals surface area contributed by atoms with Gasteiger partial charge in [-0.15, -0.1) is 0 Å². The van der Waals surface area contributed by atoms with Crippen LogP contribution < -0.4 is 10.0 Å². The second-order valence-corrected chi connectivity index (χ2v) is 9.37. The van der Waals surface area contributed by atoms with Crippen molar-refractivity contribution in [2.45, 2.75) is 25.7 Å². The van der Waals surface area contributed by atoms with Crippen LogP contribution in [0.1, 0.15) is 27.3 Å². The molecule has 1 heterocycles. The summed E-state index contributed by atoms with van der Waals surface area (Å²) >= 11 is 2.18. The fraction of sp³-hybridized carbons (Fsp3) is 0.150. The first-order valence-corrected chi connectivity index (χ1v) is 11.2. The highest BCUT2D eigenvalue weighted by Crippen LogP contribution is 2.19. The van der Waals surface area contributed by atoms with Gasteiger partial charge in [0.25, 0.3) is 15.9 Å². The van der Waals surface area contributed by atoms with Crippen molar-refractivity contribution in [1.82, 2.24) is 9.97 Å². The summed E-state index contributed by atoms with van der Waals surface area (Å²) in [4.78, 5) is 20.6. The average molecular weight is 522 g/mol. The molecule has 7 nitrogen and oxygen atoms in total. The quantitative estimate of drug-likeness (QED) is 0.493. The van der Waals surface area contributed by atoms with Crippen LogP contribution in [0.4, 0.5) is 11.6 Å². The van der Waals surface area contributed by atoms with Gasteiger partial charge in [0.1, 0.15) is 0 Å². The van der Waals surface area contributed by atoms with Crippen molar-refractivity contribution in [3.8, 4) is 0 Å². The van der Waals surface area contributed by atoms with Crippen LogP contribution in [0.15, 0.2) is 53.4 Å². The zero-order valence-electron chi connectivity index (χ0n) is 16.0. The first-order valence-electron chi connectivity index (χ1n) is 8.67. The van der Waals surface area contributed by atoms with Gasteiger partial charge in [-0.1, -0.05) is 6.07 Å². The highest BCUT2D eigenvalue weighted by atomic mass is 127. The zero-order valence-corrected chi connectivity index (χ0v) is 19.0. The first kappa shape index (κ1) is 21.2. The fourth-order valence-corrected chi connectivity index (χ4v) is 4.06. The standard InChI is InChI=1S/C20H19IN4O3S/c1-12-4-5-15(11-18(12)21)19(26)24-16-6-8-17(9-7-16)29(27,28)25-20-22-13(2)10-14(3)23-20/h4-11H,1-3H3,(H,24,26)(H,22,23,25). The average Bonchev–Trinajstić information content (AvgIpc) is 2.63. The molecule has 2 N–H and O–H groups in total. The number of nitrogens with zero attached hydrogens (tertiary/aromatic N) is 2. The second kappa shape index (κ2) is 8.46. The Hall–Kier alpha value is -2.53. The van der Waals surface area contributed by atoms with Gasteiger partial charge in [0.15, 0.2) is 0 Å². The normalized spacial score (nSPS) is 11.2. The topological polar surface area (TPSA) is 101 Å². The van der Waals surface area contributed by atoms with Gasteiger partial charge in [0.2, 0.25) is 5.95 Å². The minimum atomic E-state index is -3.84. The fourth-order valence-electron chi connectivity index (χ4n) is 2.61. The predicted molar refractivity (Wildman–Crippen MR) is 121 cm³/mol. The van der Waals surface area contributed by atoms with Gasteiger partial charge in [-0.3, -0.25) is 4.79 Å². The van der Waals surface area contributed by atoms with Crippen molar-refractivity contribution < 1.29 is 13.2 Å². The molecule has 0 aliphatic rings. The molecule has 3 aromatic rings. The first-order chi connectivity index (χ1) is 13.6. The van der Waals surface area contributed by atoms with E-state index >= 15 is 0 Å². The molecule has 0 unspecified atom stereocenters. The molecule has 2 aromatic carbocycles. The number of hydrogen-bond donors (Lipinski definition) is 2. The molecule has 0 radical (unpaired) electrons. The second-order valence-electron chi connectivity index (χ2n) is 6.52. The van der Waals surface area contributed by atoms with Crippen LogP contribution in [0.5, 0.6) is 0 Å². The number of hydrogen-bond acceptors (Lipinski definition) is 5. The Bertz CT molecular complexity index is 1160. The van der Waals surface area contributed by atoms with Crippen LogP contribution in [0.3, 0.4) is 0 Å². The maximum Gasteiger partial charge on any atom is 0.264 e. The summed E-state index contributed by atoms with van der Waals surface area (Å²) in [6.45, 7) is 5.50. The number of benzene rings is 2. The number of carbonyl (C=O) groups excluding carboxylic acids is 1. The SMILES string of the molecule is Cc1cc(C)nc(NS(=O)(=O)c2ccc(NC(=O)c3ccc(C)c(I)c3)cc2)n1. The monoisotopic (exact) mass is 522 g/mol. The highest BCUT2D eigenvalue weighted by Gasteiger charge is 2.16. The van der Waals surface area contributed by atoms with Gasteiger partial charge >= 0.3 is 0 Å². The molecule has 0 aliphatic carbocycles. The Morgan fingerprint density at radius 2 is 1.55 bits per heavy atom. The molecule has 0 bridgehead atoms. The molecule has 3 rings (SSSR count). The number of carbonyl (C=O) groups is 1. The van der Waals surface area contributed by atoms with Crippen molar-refractivity contribution in [2.24, 2.45) is 0 Å². The van der Waals surface area contributed by atoms with Gasteiger partial charge in [0.05, 0.1) is 4.90 Å². The molecule has 1 aromatic heterocycles. The third-order valence-corrected chi connectivity index (χ3v) is 6.57. The van der Waals surface area contributed by atoms with E-state index < -0.39 is 10.0 Å². The van der Waals surface area contributed by atoms with Crippen LogP contribution >= 0.6 is 22.6 Å². The van der Waals surface area contributed by atoms with Gasteiger partial charge in [-0.05, 0) is 91.4 Å². The summed E-state index contributed by atoms with van der Waals surface area (Å²) < 4.78 is 28.5. The van der Waals surface area contributed by atoms with Crippen LogP contribution in [-0.4, -0.2) is 24.3 Å². The van der Waals surface area contributed by atoms with E-state index in [2.05, 4.69) is 42.6 Å². The molecule has 0 aliphatic heterocycles. The molecular formula is C20H19IN4O3S. The Kier molecular flexibility index (Phi) is 6.18. The summed E-state index contributed by atoms with van der Waals surface area (Å²) in [5, 5.41) is 2.77. The summed E-state index contributed by atoms with van der Waals surface area (Å²) in [5.74, 6) is -0.242. The Morgan fingerprint density at radius 3 is 2.14 bits per heavy atom. The van der Waals surface area contributed by atoms with E-state index in [4.69, 9.17) is 0 Å². The maximum absolute atomic E-state index is 12.6. The van der Waals surface area contributed by atoms with Crippen LogP contribution in [0.2, 0.25) is 0 Å². The van der Waals surface area contributed by atoms with E-state index in [1.165, 1.54) is 24.3 Å². The van der Waals surface area contributed by atoms with Gasteiger partial charge < -0.3 is 5.32 Å². The summed E-state index contributed by atoms with van der Waals surface area (Å²) in [6.07, 6.45) is 0. The summed E-state index contributed by atoms with van der Waals surface area (Å²) in [5.41, 5.74) is 3.45. The van der Waals surface area contributed by atoms with Crippen LogP contribution in [0.25, 0.3) is 0 Å². The number of rotatable bonds is 5. The van der Waals surface area contributed by atoms with E-state index in [-0.39, 0.29) is 16.8 Å². The Morgan fingerprint density at radius 1 is 0.931 bits per heavy atom. The lowest BCUT2D eigenvalue weighted by Gasteiger charge is -2.10. The minimum absolute atomic E-state index is 0.0221. The molecule has 0 fully saturated rings. The number of amides is 1. The van der Waals surface area contributed by atoms with E-state index in [1.807, 2.05) is 13.0 Å². The van der Waals surface area contributed by atoms with Gasteiger partial charge in [-0.2, -0.15) is 0 Å². The molecule has 0 saturated carbocycles. The zero-order chi connectivity index (χ0) is 21.2. The summed E-state index contributed by atoms with van der Waals surface area (Å²) in [7, 11) is -3.84. The van der Waals surface area contributed by atoms with Gasteiger partial charge in [0, 0.05) is 26.2 Å². The molecule has 29 heavy (non-hydrogen) atoms. The van der Waals surface area contributed by atoms with Gasteiger partial charge in [-0.25, -0.2) is 23.1 Å². The van der Waals surface area contributed by atoms with Crippen molar-refractivity contribution >= 4 is 50.2 Å².